The van der Waals surface area contributed by atoms with E-state index in [-0.39, 0.29) is 11.9 Å². The summed E-state index contributed by atoms with van der Waals surface area (Å²) < 4.78 is 1.96. The van der Waals surface area contributed by atoms with E-state index in [1.54, 1.807) is 0 Å². The minimum Gasteiger partial charge on any atom is -0.397 e. The van der Waals surface area contributed by atoms with Gasteiger partial charge < -0.3 is 11.1 Å². The highest BCUT2D eigenvalue weighted by atomic mass is 79.9. The molecule has 2 aromatic rings. The molecule has 0 unspecified atom stereocenters. The summed E-state index contributed by atoms with van der Waals surface area (Å²) in [6.07, 6.45) is 1.85. The van der Waals surface area contributed by atoms with Crippen molar-refractivity contribution in [2.75, 3.05) is 5.73 Å². The molecule has 0 fully saturated rings. The molecule has 0 atom stereocenters. The molecule has 5 heteroatoms. The smallest absolute Gasteiger partial charge is 0.263 e. The fourth-order valence-corrected chi connectivity index (χ4v) is 3.80. The van der Waals surface area contributed by atoms with Gasteiger partial charge in [-0.2, -0.15) is 0 Å². The molecule has 0 aliphatic heterocycles. The summed E-state index contributed by atoms with van der Waals surface area (Å²) in [5.41, 5.74) is 6.68. The molecule has 0 aliphatic rings. The molecule has 0 spiro atoms. The fourth-order valence-electron chi connectivity index (χ4n) is 2.04. The second-order valence-corrected chi connectivity index (χ2v) is 6.35. The van der Waals surface area contributed by atoms with Crippen LogP contribution in [0.15, 0.2) is 22.7 Å². The second-order valence-electron chi connectivity index (χ2n) is 4.44. The average molecular weight is 341 g/mol. The van der Waals surface area contributed by atoms with Gasteiger partial charge in [0, 0.05) is 20.6 Å². The second kappa shape index (κ2) is 5.92. The molecular weight excluding hydrogens is 324 g/mol. The van der Waals surface area contributed by atoms with Gasteiger partial charge in [0.25, 0.3) is 5.91 Å². The molecule has 2 rings (SSSR count). The summed E-state index contributed by atoms with van der Waals surface area (Å²) in [6.45, 7) is 4.14. The van der Waals surface area contributed by atoms with E-state index in [2.05, 4.69) is 35.1 Å². The molecule has 19 heavy (non-hydrogen) atoms. The van der Waals surface area contributed by atoms with Crippen LogP contribution in [0, 0.1) is 0 Å². The van der Waals surface area contributed by atoms with Crippen molar-refractivity contribution in [2.45, 2.75) is 32.7 Å². The van der Waals surface area contributed by atoms with Gasteiger partial charge in [-0.3, -0.25) is 4.79 Å². The fraction of sp³-hybridized carbons (Fsp3) is 0.357. The number of fused-ring (bicyclic) bond motifs is 1. The molecule has 0 aliphatic carbocycles. The molecule has 0 saturated heterocycles. The van der Waals surface area contributed by atoms with Gasteiger partial charge >= 0.3 is 0 Å². The van der Waals surface area contributed by atoms with Crippen LogP contribution in [0.4, 0.5) is 5.69 Å². The number of nitrogens with one attached hydrogen (secondary N) is 1. The van der Waals surface area contributed by atoms with Gasteiger partial charge in [-0.15, -0.1) is 11.3 Å². The minimum atomic E-state index is -0.0701. The molecule has 1 aromatic heterocycles. The molecular formula is C14H17BrN2OS. The van der Waals surface area contributed by atoms with Crippen molar-refractivity contribution in [3.05, 3.63) is 27.5 Å². The Morgan fingerprint density at radius 3 is 2.68 bits per heavy atom. The Morgan fingerprint density at radius 1 is 1.42 bits per heavy atom. The summed E-state index contributed by atoms with van der Waals surface area (Å²) in [7, 11) is 0. The molecule has 1 amide bonds. The number of thiophene rings is 1. The van der Waals surface area contributed by atoms with Gasteiger partial charge in [-0.25, -0.2) is 0 Å². The normalized spacial score (nSPS) is 11.2. The first-order valence-electron chi connectivity index (χ1n) is 6.35. The summed E-state index contributed by atoms with van der Waals surface area (Å²) >= 11 is 4.93. The molecule has 0 bridgehead atoms. The van der Waals surface area contributed by atoms with Crippen LogP contribution in [-0.4, -0.2) is 11.9 Å². The first kappa shape index (κ1) is 14.3. The van der Waals surface area contributed by atoms with Gasteiger partial charge in [-0.05, 0) is 25.0 Å². The number of nitrogens with two attached hydrogens (primary N) is 1. The van der Waals surface area contributed by atoms with E-state index >= 15 is 0 Å². The van der Waals surface area contributed by atoms with Crippen LogP contribution in [-0.2, 0) is 0 Å². The monoisotopic (exact) mass is 340 g/mol. The number of benzene rings is 1. The zero-order valence-electron chi connectivity index (χ0n) is 11.0. The van der Waals surface area contributed by atoms with Crippen molar-refractivity contribution in [3.63, 3.8) is 0 Å². The van der Waals surface area contributed by atoms with Gasteiger partial charge in [0.1, 0.15) is 4.88 Å². The van der Waals surface area contributed by atoms with Crippen LogP contribution < -0.4 is 11.1 Å². The van der Waals surface area contributed by atoms with Crippen molar-refractivity contribution in [1.29, 1.82) is 0 Å². The van der Waals surface area contributed by atoms with E-state index in [4.69, 9.17) is 5.73 Å². The number of carbonyl (C=O) groups excluding carboxylic acids is 1. The van der Waals surface area contributed by atoms with Gasteiger partial charge in [0.05, 0.1) is 5.69 Å². The Kier molecular flexibility index (Phi) is 4.47. The highest BCUT2D eigenvalue weighted by Crippen LogP contribution is 2.38. The highest BCUT2D eigenvalue weighted by molar-refractivity contribution is 9.10. The number of rotatable bonds is 4. The van der Waals surface area contributed by atoms with Crippen molar-refractivity contribution < 1.29 is 4.79 Å². The predicted molar refractivity (Wildman–Crippen MR) is 85.8 cm³/mol. The Balaban J connectivity index is 2.38. The average Bonchev–Trinajstić information content (AvgIpc) is 2.74. The maximum atomic E-state index is 12.3. The molecule has 0 radical (unpaired) electrons. The standard InChI is InChI=1S/C14H17BrN2OS/c1-3-8(4-2)17-14(18)13-12(16)11-9(15)6-5-7-10(11)19-13/h5-8H,3-4,16H2,1-2H3,(H,17,18). The molecule has 3 N–H and O–H groups in total. The lowest BCUT2D eigenvalue weighted by molar-refractivity contribution is 0.0940. The number of amides is 1. The third kappa shape index (κ3) is 2.77. The number of hydrogen-bond donors (Lipinski definition) is 2. The number of carbonyl (C=O) groups is 1. The van der Waals surface area contributed by atoms with E-state index in [1.807, 2.05) is 18.2 Å². The summed E-state index contributed by atoms with van der Waals surface area (Å²) in [6, 6.07) is 6.08. The molecule has 102 valence electrons. The third-order valence-electron chi connectivity index (χ3n) is 3.23. The maximum Gasteiger partial charge on any atom is 0.263 e. The minimum absolute atomic E-state index is 0.0701. The topological polar surface area (TPSA) is 55.1 Å². The van der Waals surface area contributed by atoms with Gasteiger partial charge in [0.15, 0.2) is 0 Å². The first-order chi connectivity index (χ1) is 9.08. The van der Waals surface area contributed by atoms with Gasteiger partial charge in [0.2, 0.25) is 0 Å². The largest absolute Gasteiger partial charge is 0.397 e. The lowest BCUT2D eigenvalue weighted by atomic mass is 10.1. The SMILES string of the molecule is CCC(CC)NC(=O)c1sc2cccc(Br)c2c1N. The van der Waals surface area contributed by atoms with E-state index in [1.165, 1.54) is 11.3 Å². The highest BCUT2D eigenvalue weighted by Gasteiger charge is 2.19. The van der Waals surface area contributed by atoms with E-state index in [0.29, 0.717) is 10.6 Å². The lowest BCUT2D eigenvalue weighted by Crippen LogP contribution is -2.33. The first-order valence-corrected chi connectivity index (χ1v) is 7.96. The number of halogens is 1. The van der Waals surface area contributed by atoms with Gasteiger partial charge in [-0.1, -0.05) is 35.8 Å². The molecule has 0 saturated carbocycles. The van der Waals surface area contributed by atoms with Crippen molar-refractivity contribution in [2.24, 2.45) is 0 Å². The van der Waals surface area contributed by atoms with Crippen LogP contribution in [0.1, 0.15) is 36.4 Å². The number of hydrogen-bond acceptors (Lipinski definition) is 3. The lowest BCUT2D eigenvalue weighted by Gasteiger charge is -2.14. The van der Waals surface area contributed by atoms with Crippen LogP contribution >= 0.6 is 27.3 Å². The van der Waals surface area contributed by atoms with Crippen LogP contribution in [0.2, 0.25) is 0 Å². The quantitative estimate of drug-likeness (QED) is 0.877. The molecule has 1 heterocycles. The zero-order chi connectivity index (χ0) is 14.0. The Hall–Kier alpha value is -1.07. The number of nitrogen functional groups attached to an aromatic ring is 1. The van der Waals surface area contributed by atoms with Crippen LogP contribution in [0.3, 0.4) is 0 Å². The Morgan fingerprint density at radius 2 is 2.11 bits per heavy atom. The Bertz CT molecular complexity index is 605. The van der Waals surface area contributed by atoms with Crippen molar-refractivity contribution in [1.82, 2.24) is 5.32 Å². The van der Waals surface area contributed by atoms with Crippen molar-refractivity contribution in [3.8, 4) is 0 Å². The van der Waals surface area contributed by atoms with E-state index in [0.717, 1.165) is 27.4 Å². The maximum absolute atomic E-state index is 12.3. The number of anilines is 1. The zero-order valence-corrected chi connectivity index (χ0v) is 13.4. The van der Waals surface area contributed by atoms with Crippen LogP contribution in [0.5, 0.6) is 0 Å². The Labute approximate surface area is 125 Å². The molecule has 1 aromatic carbocycles. The summed E-state index contributed by atoms with van der Waals surface area (Å²) in [4.78, 5) is 12.9. The summed E-state index contributed by atoms with van der Waals surface area (Å²) in [5, 5.41) is 3.96. The third-order valence-corrected chi connectivity index (χ3v) is 5.06. The van der Waals surface area contributed by atoms with E-state index in [9.17, 15) is 4.79 Å². The van der Waals surface area contributed by atoms with E-state index < -0.39 is 0 Å². The van der Waals surface area contributed by atoms with Crippen molar-refractivity contribution >= 4 is 48.9 Å². The predicted octanol–water partition coefficient (Wildman–Crippen LogP) is 4.16. The summed E-state index contributed by atoms with van der Waals surface area (Å²) in [5.74, 6) is -0.0701. The molecule has 3 nitrogen and oxygen atoms in total. The van der Waals surface area contributed by atoms with Crippen LogP contribution in [0.25, 0.3) is 10.1 Å².